The normalized spacial score (nSPS) is 10.4. The van der Waals surface area contributed by atoms with Crippen molar-refractivity contribution in [3.8, 4) is 11.5 Å². The number of aromatic nitrogens is 1. The standard InChI is InChI=1S/C12H13NO3/c1-13-8(7-14)6-9-10(15-2)4-5-11(16-3)12(9)13/h4-7H,1-3H3. The summed E-state index contributed by atoms with van der Waals surface area (Å²) in [5.41, 5.74) is 1.46. The molecule has 0 radical (unpaired) electrons. The third-order valence-electron chi connectivity index (χ3n) is 2.72. The topological polar surface area (TPSA) is 40.5 Å². The first-order valence-corrected chi connectivity index (χ1v) is 4.88. The Morgan fingerprint density at radius 1 is 1.19 bits per heavy atom. The van der Waals surface area contributed by atoms with Gasteiger partial charge >= 0.3 is 0 Å². The number of methoxy groups -OCH3 is 2. The highest BCUT2D eigenvalue weighted by Gasteiger charge is 2.13. The lowest BCUT2D eigenvalue weighted by molar-refractivity contribution is 0.111. The summed E-state index contributed by atoms with van der Waals surface area (Å²) in [7, 11) is 5.04. The number of benzene rings is 1. The molecule has 0 atom stereocenters. The number of nitrogens with zero attached hydrogens (tertiary/aromatic N) is 1. The van der Waals surface area contributed by atoms with E-state index in [1.54, 1.807) is 24.9 Å². The van der Waals surface area contributed by atoms with E-state index in [2.05, 4.69) is 0 Å². The molecule has 0 aliphatic carbocycles. The first kappa shape index (κ1) is 10.5. The number of aldehydes is 1. The molecule has 0 N–H and O–H groups in total. The van der Waals surface area contributed by atoms with E-state index >= 15 is 0 Å². The van der Waals surface area contributed by atoms with Gasteiger partial charge in [-0.05, 0) is 18.2 Å². The van der Waals surface area contributed by atoms with Crippen LogP contribution in [-0.2, 0) is 7.05 Å². The van der Waals surface area contributed by atoms with E-state index in [0.717, 1.165) is 28.7 Å². The number of rotatable bonds is 3. The van der Waals surface area contributed by atoms with Crippen LogP contribution >= 0.6 is 0 Å². The summed E-state index contributed by atoms with van der Waals surface area (Å²) in [5.74, 6) is 1.46. The molecular formula is C12H13NO3. The van der Waals surface area contributed by atoms with Crippen molar-refractivity contribution >= 4 is 17.2 Å². The van der Waals surface area contributed by atoms with Gasteiger partial charge in [-0.3, -0.25) is 4.79 Å². The summed E-state index contributed by atoms with van der Waals surface area (Å²) in [6.07, 6.45) is 0.818. The zero-order valence-corrected chi connectivity index (χ0v) is 9.48. The van der Waals surface area contributed by atoms with E-state index < -0.39 is 0 Å². The number of hydrogen-bond acceptors (Lipinski definition) is 3. The number of carbonyl (C=O) groups is 1. The second-order valence-corrected chi connectivity index (χ2v) is 3.48. The molecule has 0 unspecified atom stereocenters. The van der Waals surface area contributed by atoms with Gasteiger partial charge in [-0.25, -0.2) is 0 Å². The average Bonchev–Trinajstić information content (AvgIpc) is 2.66. The van der Waals surface area contributed by atoms with Gasteiger partial charge in [-0.2, -0.15) is 0 Å². The van der Waals surface area contributed by atoms with Crippen LogP contribution in [0.5, 0.6) is 11.5 Å². The van der Waals surface area contributed by atoms with Crippen molar-refractivity contribution in [2.75, 3.05) is 14.2 Å². The molecule has 0 bridgehead atoms. The molecule has 16 heavy (non-hydrogen) atoms. The maximum Gasteiger partial charge on any atom is 0.166 e. The lowest BCUT2D eigenvalue weighted by Gasteiger charge is -2.07. The molecule has 0 fully saturated rings. The van der Waals surface area contributed by atoms with E-state index in [9.17, 15) is 4.79 Å². The fourth-order valence-corrected chi connectivity index (χ4v) is 1.88. The maximum absolute atomic E-state index is 10.9. The fraction of sp³-hybridized carbons (Fsp3) is 0.250. The fourth-order valence-electron chi connectivity index (χ4n) is 1.88. The van der Waals surface area contributed by atoms with Crippen LogP contribution < -0.4 is 9.47 Å². The molecule has 0 aliphatic rings. The Kier molecular flexibility index (Phi) is 2.56. The average molecular weight is 219 g/mol. The molecule has 0 amide bonds. The lowest BCUT2D eigenvalue weighted by atomic mass is 10.2. The smallest absolute Gasteiger partial charge is 0.166 e. The van der Waals surface area contributed by atoms with E-state index in [1.807, 2.05) is 19.2 Å². The van der Waals surface area contributed by atoms with Gasteiger partial charge in [-0.1, -0.05) is 0 Å². The highest BCUT2D eigenvalue weighted by atomic mass is 16.5. The second-order valence-electron chi connectivity index (χ2n) is 3.48. The molecule has 0 spiro atoms. The van der Waals surface area contributed by atoms with Crippen molar-refractivity contribution in [3.63, 3.8) is 0 Å². The quantitative estimate of drug-likeness (QED) is 0.741. The number of aryl methyl sites for hydroxylation is 1. The Morgan fingerprint density at radius 2 is 1.81 bits per heavy atom. The van der Waals surface area contributed by atoms with Crippen molar-refractivity contribution in [2.45, 2.75) is 0 Å². The molecule has 0 aliphatic heterocycles. The van der Waals surface area contributed by atoms with Crippen molar-refractivity contribution in [2.24, 2.45) is 7.05 Å². The third-order valence-corrected chi connectivity index (χ3v) is 2.72. The van der Waals surface area contributed by atoms with Crippen LogP contribution in [-0.4, -0.2) is 25.1 Å². The molecule has 2 rings (SSSR count). The molecule has 0 saturated heterocycles. The van der Waals surface area contributed by atoms with Gasteiger partial charge in [0.2, 0.25) is 0 Å². The van der Waals surface area contributed by atoms with Gasteiger partial charge in [0.05, 0.1) is 25.4 Å². The molecule has 84 valence electrons. The monoisotopic (exact) mass is 219 g/mol. The number of ether oxygens (including phenoxy) is 2. The summed E-state index contributed by atoms with van der Waals surface area (Å²) in [4.78, 5) is 10.9. The minimum Gasteiger partial charge on any atom is -0.496 e. The number of fused-ring (bicyclic) bond motifs is 1. The first-order chi connectivity index (χ1) is 7.72. The van der Waals surface area contributed by atoms with Gasteiger partial charge in [0.15, 0.2) is 6.29 Å². The van der Waals surface area contributed by atoms with Gasteiger partial charge in [0, 0.05) is 12.4 Å². The van der Waals surface area contributed by atoms with Crippen molar-refractivity contribution < 1.29 is 14.3 Å². The molecule has 4 heteroatoms. The molecule has 1 heterocycles. The Hall–Kier alpha value is -1.97. The number of hydrogen-bond donors (Lipinski definition) is 0. The Morgan fingerprint density at radius 3 is 2.38 bits per heavy atom. The van der Waals surface area contributed by atoms with Gasteiger partial charge in [0.25, 0.3) is 0 Å². The van der Waals surface area contributed by atoms with E-state index in [-0.39, 0.29) is 0 Å². The maximum atomic E-state index is 10.9. The molecule has 1 aromatic carbocycles. The Balaban J connectivity index is 2.87. The summed E-state index contributed by atoms with van der Waals surface area (Å²) in [6.45, 7) is 0. The summed E-state index contributed by atoms with van der Waals surface area (Å²) >= 11 is 0. The summed E-state index contributed by atoms with van der Waals surface area (Å²) in [6, 6.07) is 5.45. The van der Waals surface area contributed by atoms with Crippen LogP contribution in [0.1, 0.15) is 10.5 Å². The SMILES string of the molecule is COc1ccc(OC)c2c1cc(C=O)n2C. The number of carbonyl (C=O) groups excluding carboxylic acids is 1. The second kappa shape index (κ2) is 3.89. The lowest BCUT2D eigenvalue weighted by Crippen LogP contribution is -1.96. The van der Waals surface area contributed by atoms with Crippen LogP contribution in [0.3, 0.4) is 0 Å². The van der Waals surface area contributed by atoms with Crippen LogP contribution in [0, 0.1) is 0 Å². The molecular weight excluding hydrogens is 206 g/mol. The minimum atomic E-state index is 0.595. The highest BCUT2D eigenvalue weighted by Crippen LogP contribution is 2.34. The van der Waals surface area contributed by atoms with Crippen LogP contribution in [0.25, 0.3) is 10.9 Å². The van der Waals surface area contributed by atoms with Gasteiger partial charge < -0.3 is 14.0 Å². The predicted molar refractivity (Wildman–Crippen MR) is 61.4 cm³/mol. The first-order valence-electron chi connectivity index (χ1n) is 4.88. The Bertz CT molecular complexity index is 543. The van der Waals surface area contributed by atoms with Crippen LogP contribution in [0.2, 0.25) is 0 Å². The largest absolute Gasteiger partial charge is 0.496 e. The van der Waals surface area contributed by atoms with Crippen molar-refractivity contribution in [3.05, 3.63) is 23.9 Å². The van der Waals surface area contributed by atoms with Gasteiger partial charge in [0.1, 0.15) is 11.5 Å². The Labute approximate surface area is 93.4 Å². The van der Waals surface area contributed by atoms with Crippen LogP contribution in [0.15, 0.2) is 18.2 Å². The summed E-state index contributed by atoms with van der Waals surface area (Å²) in [5, 5.41) is 0.881. The zero-order chi connectivity index (χ0) is 11.7. The van der Waals surface area contributed by atoms with E-state index in [0.29, 0.717) is 5.69 Å². The zero-order valence-electron chi connectivity index (χ0n) is 9.48. The molecule has 2 aromatic rings. The minimum absolute atomic E-state index is 0.595. The van der Waals surface area contributed by atoms with E-state index in [4.69, 9.17) is 9.47 Å². The highest BCUT2D eigenvalue weighted by molar-refractivity contribution is 5.96. The third kappa shape index (κ3) is 1.34. The van der Waals surface area contributed by atoms with Crippen molar-refractivity contribution in [1.82, 2.24) is 4.57 Å². The molecule has 1 aromatic heterocycles. The van der Waals surface area contributed by atoms with Gasteiger partial charge in [-0.15, -0.1) is 0 Å². The summed E-state index contributed by atoms with van der Waals surface area (Å²) < 4.78 is 12.3. The molecule has 0 saturated carbocycles. The van der Waals surface area contributed by atoms with E-state index in [1.165, 1.54) is 0 Å². The predicted octanol–water partition coefficient (Wildman–Crippen LogP) is 2.01. The molecule has 4 nitrogen and oxygen atoms in total. The van der Waals surface area contributed by atoms with Crippen LogP contribution in [0.4, 0.5) is 0 Å². The van der Waals surface area contributed by atoms with Crippen molar-refractivity contribution in [1.29, 1.82) is 0 Å².